The number of rotatable bonds is 5. The van der Waals surface area contributed by atoms with E-state index in [2.05, 4.69) is 15.0 Å². The Bertz CT molecular complexity index is 920. The molecule has 2 aliphatic heterocycles. The zero-order chi connectivity index (χ0) is 21.2. The fourth-order valence-electron chi connectivity index (χ4n) is 3.66. The van der Waals surface area contributed by atoms with Crippen molar-refractivity contribution in [3.05, 3.63) is 29.8 Å². The van der Waals surface area contributed by atoms with E-state index >= 15 is 0 Å². The number of hydrogen-bond donors (Lipinski definition) is 2. The molecule has 2 amide bonds. The minimum atomic E-state index is -3.65. The molecule has 3 rings (SSSR count). The van der Waals surface area contributed by atoms with Crippen LogP contribution in [0.5, 0.6) is 0 Å². The zero-order valence-electron chi connectivity index (χ0n) is 17.0. The number of amidine groups is 1. The van der Waals surface area contributed by atoms with Crippen molar-refractivity contribution in [1.29, 1.82) is 0 Å². The van der Waals surface area contributed by atoms with Gasteiger partial charge >= 0.3 is 0 Å². The molecule has 0 bridgehead atoms. The normalized spacial score (nSPS) is 21.9. The zero-order valence-corrected chi connectivity index (χ0v) is 17.8. The van der Waals surface area contributed by atoms with Crippen LogP contribution in [-0.2, 0) is 19.6 Å². The average Bonchev–Trinajstić information content (AvgIpc) is 2.96. The minimum Gasteiger partial charge on any atom is -0.351 e. The molecule has 2 atom stereocenters. The van der Waals surface area contributed by atoms with Crippen LogP contribution in [0.2, 0.25) is 0 Å². The van der Waals surface area contributed by atoms with Gasteiger partial charge in [0.2, 0.25) is 11.8 Å². The van der Waals surface area contributed by atoms with E-state index in [0.29, 0.717) is 31.5 Å². The van der Waals surface area contributed by atoms with Gasteiger partial charge in [0, 0.05) is 31.6 Å². The molecular weight excluding hydrogens is 392 g/mol. The summed E-state index contributed by atoms with van der Waals surface area (Å²) in [7, 11) is -3.65. The number of aliphatic imine (C=N–C) groups is 1. The van der Waals surface area contributed by atoms with Gasteiger partial charge in [-0.1, -0.05) is 32.4 Å². The highest BCUT2D eigenvalue weighted by Crippen LogP contribution is 2.24. The van der Waals surface area contributed by atoms with Crippen LogP contribution in [-0.4, -0.2) is 56.1 Å². The number of amides is 2. The summed E-state index contributed by atoms with van der Waals surface area (Å²) >= 11 is 0. The molecule has 8 nitrogen and oxygen atoms in total. The maximum absolute atomic E-state index is 13.0. The molecule has 0 aliphatic carbocycles. The van der Waals surface area contributed by atoms with Gasteiger partial charge in [0.25, 0.3) is 10.0 Å². The second-order valence-electron chi connectivity index (χ2n) is 7.70. The molecule has 29 heavy (non-hydrogen) atoms. The lowest BCUT2D eigenvalue weighted by molar-refractivity contribution is -0.130. The SMILES string of the molecule is CC[C@H](C)[C@H](N=C1NS(=O)(=O)c2ccccc21)C(=O)NC1CCN(C(C)=O)CC1. The molecule has 9 heteroatoms. The Morgan fingerprint density at radius 3 is 2.55 bits per heavy atom. The third-order valence-electron chi connectivity index (χ3n) is 5.67. The number of nitrogens with zero attached hydrogens (tertiary/aromatic N) is 2. The number of likely N-dealkylation sites (tertiary alicyclic amines) is 1. The van der Waals surface area contributed by atoms with E-state index in [1.165, 1.54) is 6.07 Å². The number of carbonyl (C=O) groups excluding carboxylic acids is 2. The number of nitrogens with one attached hydrogen (secondary N) is 2. The summed E-state index contributed by atoms with van der Waals surface area (Å²) in [6.07, 6.45) is 2.13. The van der Waals surface area contributed by atoms with Crippen LogP contribution in [0.3, 0.4) is 0 Å². The van der Waals surface area contributed by atoms with Crippen molar-refractivity contribution in [3.8, 4) is 0 Å². The standard InChI is InChI=1S/C20H28N4O4S/c1-4-13(2)18(20(26)21-15-9-11-24(12-10-15)14(3)25)22-19-16-7-5-6-8-17(16)29(27,28)23-19/h5-8,13,15,18H,4,9-12H2,1-3H3,(H,21,26)(H,22,23)/t13-,18-/m0/s1. The van der Waals surface area contributed by atoms with Crippen molar-refractivity contribution in [3.63, 3.8) is 0 Å². The molecule has 0 aromatic heterocycles. The molecule has 1 saturated heterocycles. The van der Waals surface area contributed by atoms with Crippen molar-refractivity contribution in [2.45, 2.75) is 57.0 Å². The number of hydrogen-bond acceptors (Lipinski definition) is 5. The number of piperidine rings is 1. The Morgan fingerprint density at radius 1 is 1.28 bits per heavy atom. The third-order valence-corrected chi connectivity index (χ3v) is 7.07. The molecule has 158 valence electrons. The predicted octanol–water partition coefficient (Wildman–Crippen LogP) is 1.27. The highest BCUT2D eigenvalue weighted by atomic mass is 32.2. The summed E-state index contributed by atoms with van der Waals surface area (Å²) in [6, 6.07) is 5.91. The van der Waals surface area contributed by atoms with E-state index in [1.807, 2.05) is 13.8 Å². The molecule has 1 aromatic carbocycles. The topological polar surface area (TPSA) is 108 Å². The van der Waals surface area contributed by atoms with Gasteiger partial charge in [0.1, 0.15) is 11.9 Å². The van der Waals surface area contributed by atoms with E-state index in [4.69, 9.17) is 0 Å². The second-order valence-corrected chi connectivity index (χ2v) is 9.35. The second kappa shape index (κ2) is 8.52. The van der Waals surface area contributed by atoms with Crippen molar-refractivity contribution in [2.75, 3.05) is 13.1 Å². The monoisotopic (exact) mass is 420 g/mol. The Morgan fingerprint density at radius 2 is 1.93 bits per heavy atom. The van der Waals surface area contributed by atoms with Gasteiger partial charge in [0.15, 0.2) is 0 Å². The quantitative estimate of drug-likeness (QED) is 0.748. The molecule has 2 heterocycles. The van der Waals surface area contributed by atoms with Crippen LogP contribution in [0.15, 0.2) is 34.2 Å². The molecule has 0 spiro atoms. The van der Waals surface area contributed by atoms with E-state index in [9.17, 15) is 18.0 Å². The van der Waals surface area contributed by atoms with Crippen LogP contribution in [0, 0.1) is 5.92 Å². The summed E-state index contributed by atoms with van der Waals surface area (Å²) in [4.78, 5) is 31.0. The Balaban J connectivity index is 1.78. The summed E-state index contributed by atoms with van der Waals surface area (Å²) in [5.41, 5.74) is 0.489. The smallest absolute Gasteiger partial charge is 0.263 e. The first-order valence-electron chi connectivity index (χ1n) is 9.98. The molecule has 1 aromatic rings. The highest BCUT2D eigenvalue weighted by molar-refractivity contribution is 7.90. The fourth-order valence-corrected chi connectivity index (χ4v) is 4.90. The maximum Gasteiger partial charge on any atom is 0.263 e. The first-order chi connectivity index (χ1) is 13.7. The van der Waals surface area contributed by atoms with Crippen LogP contribution in [0.25, 0.3) is 0 Å². The number of benzene rings is 1. The number of sulfonamides is 1. The lowest BCUT2D eigenvalue weighted by Crippen LogP contribution is -2.49. The van der Waals surface area contributed by atoms with Crippen LogP contribution in [0.1, 0.15) is 45.6 Å². The number of fused-ring (bicyclic) bond motifs is 1. The van der Waals surface area contributed by atoms with Crippen molar-refractivity contribution < 1.29 is 18.0 Å². The molecule has 0 saturated carbocycles. The Kier molecular flexibility index (Phi) is 6.26. The van der Waals surface area contributed by atoms with Gasteiger partial charge in [-0.15, -0.1) is 0 Å². The van der Waals surface area contributed by atoms with Gasteiger partial charge < -0.3 is 10.2 Å². The molecule has 0 unspecified atom stereocenters. The van der Waals surface area contributed by atoms with Gasteiger partial charge in [-0.05, 0) is 30.9 Å². The number of carbonyl (C=O) groups is 2. The van der Waals surface area contributed by atoms with Gasteiger partial charge in [-0.3, -0.25) is 19.3 Å². The van der Waals surface area contributed by atoms with E-state index in [0.717, 1.165) is 6.42 Å². The fraction of sp³-hybridized carbons (Fsp3) is 0.550. The van der Waals surface area contributed by atoms with E-state index < -0.39 is 16.1 Å². The molecule has 2 aliphatic rings. The van der Waals surface area contributed by atoms with Crippen LogP contribution in [0.4, 0.5) is 0 Å². The molecule has 2 N–H and O–H groups in total. The average molecular weight is 421 g/mol. The van der Waals surface area contributed by atoms with Crippen molar-refractivity contribution in [1.82, 2.24) is 14.9 Å². The Labute approximate surface area is 171 Å². The lowest BCUT2D eigenvalue weighted by Gasteiger charge is -2.32. The van der Waals surface area contributed by atoms with E-state index in [-0.39, 0.29) is 34.5 Å². The van der Waals surface area contributed by atoms with Crippen LogP contribution >= 0.6 is 0 Å². The Hall–Kier alpha value is -2.42. The van der Waals surface area contributed by atoms with Crippen molar-refractivity contribution in [2.24, 2.45) is 10.9 Å². The molecular formula is C20H28N4O4S. The largest absolute Gasteiger partial charge is 0.351 e. The van der Waals surface area contributed by atoms with Gasteiger partial charge in [0.05, 0.1) is 4.90 Å². The van der Waals surface area contributed by atoms with E-state index in [1.54, 1.807) is 30.0 Å². The first kappa shape index (κ1) is 21.3. The summed E-state index contributed by atoms with van der Waals surface area (Å²) in [5.74, 6) is -0.00734. The predicted molar refractivity (Wildman–Crippen MR) is 110 cm³/mol. The third kappa shape index (κ3) is 4.60. The van der Waals surface area contributed by atoms with Gasteiger partial charge in [-0.2, -0.15) is 0 Å². The lowest BCUT2D eigenvalue weighted by atomic mass is 9.97. The van der Waals surface area contributed by atoms with Gasteiger partial charge in [-0.25, -0.2) is 8.42 Å². The molecule has 1 fully saturated rings. The summed E-state index contributed by atoms with van der Waals surface area (Å²) < 4.78 is 27.1. The minimum absolute atomic E-state index is 0.0163. The van der Waals surface area contributed by atoms with Crippen LogP contribution < -0.4 is 10.0 Å². The molecule has 0 radical (unpaired) electrons. The summed E-state index contributed by atoms with van der Waals surface area (Å²) in [6.45, 7) is 6.70. The maximum atomic E-state index is 13.0. The van der Waals surface area contributed by atoms with Crippen molar-refractivity contribution >= 4 is 27.7 Å². The highest BCUT2D eigenvalue weighted by Gasteiger charge is 2.34. The summed E-state index contributed by atoms with van der Waals surface area (Å²) in [5, 5.41) is 3.05. The first-order valence-corrected chi connectivity index (χ1v) is 11.5.